The van der Waals surface area contributed by atoms with E-state index in [1.165, 1.54) is 11.4 Å². The molecule has 0 bridgehead atoms. The molecule has 1 fully saturated rings. The van der Waals surface area contributed by atoms with Crippen LogP contribution in [0.25, 0.3) is 0 Å². The highest BCUT2D eigenvalue weighted by molar-refractivity contribution is 7.89. The van der Waals surface area contributed by atoms with Crippen LogP contribution in [0.2, 0.25) is 0 Å². The molecule has 0 N–H and O–H groups in total. The minimum atomic E-state index is -3.60. The number of hydrogen-bond donors (Lipinski definition) is 0. The average molecular weight is 327 g/mol. The van der Waals surface area contributed by atoms with Crippen LogP contribution in [-0.4, -0.2) is 45.1 Å². The van der Waals surface area contributed by atoms with Gasteiger partial charge in [0.2, 0.25) is 10.0 Å². The van der Waals surface area contributed by atoms with Crippen LogP contribution in [0.3, 0.4) is 0 Å². The molecule has 0 unspecified atom stereocenters. The number of benzene rings is 1. The zero-order valence-corrected chi connectivity index (χ0v) is 14.7. The van der Waals surface area contributed by atoms with Gasteiger partial charge in [-0.05, 0) is 37.5 Å². The summed E-state index contributed by atoms with van der Waals surface area (Å²) in [6.45, 7) is 8.58. The molecular weight excluding hydrogens is 302 g/mol. The maximum atomic E-state index is 13.0. The fraction of sp³-hybridized carbons (Fsp3) is 0.625. The van der Waals surface area contributed by atoms with Gasteiger partial charge in [-0.3, -0.25) is 0 Å². The van der Waals surface area contributed by atoms with Crippen molar-refractivity contribution < 1.29 is 17.9 Å². The smallest absolute Gasteiger partial charge is 0.246 e. The second kappa shape index (κ2) is 6.56. The Bertz CT molecular complexity index is 617. The molecular formula is C16H25NO4S. The molecule has 2 atom stereocenters. The molecule has 1 aromatic carbocycles. The molecule has 22 heavy (non-hydrogen) atoms. The Balaban J connectivity index is 2.45. The standard InChI is InChI=1S/C16H25NO4S/c1-11(2)14-6-7-15(20-5)16(8-14)22(18,19)17-9-12(3)21-13(4)10-17/h6-8,11-13H,9-10H2,1-5H3/t12-,13-/m1/s1. The van der Waals surface area contributed by atoms with Gasteiger partial charge in [0, 0.05) is 13.1 Å². The molecule has 6 heteroatoms. The van der Waals surface area contributed by atoms with Gasteiger partial charge in [-0.2, -0.15) is 4.31 Å². The van der Waals surface area contributed by atoms with E-state index in [9.17, 15) is 8.42 Å². The molecule has 0 aliphatic carbocycles. The Morgan fingerprint density at radius 1 is 1.23 bits per heavy atom. The zero-order chi connectivity index (χ0) is 16.5. The summed E-state index contributed by atoms with van der Waals surface area (Å²) < 4.78 is 38.4. The van der Waals surface area contributed by atoms with Crippen molar-refractivity contribution in [2.24, 2.45) is 0 Å². The minimum Gasteiger partial charge on any atom is -0.495 e. The van der Waals surface area contributed by atoms with Crippen LogP contribution in [-0.2, 0) is 14.8 Å². The molecule has 1 aliphatic rings. The van der Waals surface area contributed by atoms with Crippen molar-refractivity contribution in [3.05, 3.63) is 23.8 Å². The maximum absolute atomic E-state index is 13.0. The van der Waals surface area contributed by atoms with Crippen LogP contribution < -0.4 is 4.74 Å². The molecule has 5 nitrogen and oxygen atoms in total. The van der Waals surface area contributed by atoms with Crippen LogP contribution in [0.1, 0.15) is 39.2 Å². The second-order valence-electron chi connectivity index (χ2n) is 6.14. The lowest BCUT2D eigenvalue weighted by Gasteiger charge is -2.34. The van der Waals surface area contributed by atoms with Crippen molar-refractivity contribution in [1.29, 1.82) is 0 Å². The Labute approximate surface area is 133 Å². The van der Waals surface area contributed by atoms with Crippen molar-refractivity contribution >= 4 is 10.0 Å². The molecule has 0 aromatic heterocycles. The molecule has 2 rings (SSSR count). The summed E-state index contributed by atoms with van der Waals surface area (Å²) in [6, 6.07) is 5.37. The highest BCUT2D eigenvalue weighted by Crippen LogP contribution is 2.31. The third-order valence-electron chi connectivity index (χ3n) is 3.86. The van der Waals surface area contributed by atoms with Crippen LogP contribution in [0.5, 0.6) is 5.75 Å². The molecule has 0 spiro atoms. The molecule has 1 aromatic rings. The summed E-state index contributed by atoms with van der Waals surface area (Å²) in [4.78, 5) is 0.238. The number of rotatable bonds is 4. The van der Waals surface area contributed by atoms with E-state index >= 15 is 0 Å². The number of morpholine rings is 1. The molecule has 0 radical (unpaired) electrons. The summed E-state index contributed by atoms with van der Waals surface area (Å²) in [5.41, 5.74) is 0.980. The summed E-state index contributed by atoms with van der Waals surface area (Å²) >= 11 is 0. The fourth-order valence-corrected chi connectivity index (χ4v) is 4.50. The van der Waals surface area contributed by atoms with Crippen LogP contribution >= 0.6 is 0 Å². The van der Waals surface area contributed by atoms with E-state index in [1.54, 1.807) is 12.1 Å². The Hall–Kier alpha value is -1.11. The van der Waals surface area contributed by atoms with E-state index in [0.717, 1.165) is 5.56 Å². The molecule has 0 amide bonds. The fourth-order valence-electron chi connectivity index (χ4n) is 2.72. The van der Waals surface area contributed by atoms with Crippen molar-refractivity contribution in [3.8, 4) is 5.75 Å². The van der Waals surface area contributed by atoms with Crippen LogP contribution in [0.4, 0.5) is 0 Å². The monoisotopic (exact) mass is 327 g/mol. The van der Waals surface area contributed by atoms with Gasteiger partial charge in [-0.25, -0.2) is 8.42 Å². The lowest BCUT2D eigenvalue weighted by Crippen LogP contribution is -2.48. The lowest BCUT2D eigenvalue weighted by atomic mass is 10.0. The van der Waals surface area contributed by atoms with Crippen molar-refractivity contribution in [1.82, 2.24) is 4.31 Å². The molecule has 0 saturated carbocycles. The van der Waals surface area contributed by atoms with E-state index in [2.05, 4.69) is 0 Å². The van der Waals surface area contributed by atoms with Gasteiger partial charge in [0.15, 0.2) is 0 Å². The second-order valence-corrected chi connectivity index (χ2v) is 8.05. The van der Waals surface area contributed by atoms with E-state index in [1.807, 2.05) is 33.8 Å². The largest absolute Gasteiger partial charge is 0.495 e. The van der Waals surface area contributed by atoms with Crippen LogP contribution in [0.15, 0.2) is 23.1 Å². The first-order chi connectivity index (χ1) is 10.3. The predicted molar refractivity (Wildman–Crippen MR) is 85.9 cm³/mol. The number of sulfonamides is 1. The Morgan fingerprint density at radius 2 is 1.82 bits per heavy atom. The van der Waals surface area contributed by atoms with E-state index < -0.39 is 10.0 Å². The third kappa shape index (κ3) is 3.45. The van der Waals surface area contributed by atoms with Crippen molar-refractivity contribution in [3.63, 3.8) is 0 Å². The normalized spacial score (nSPS) is 23.7. The maximum Gasteiger partial charge on any atom is 0.246 e. The zero-order valence-electron chi connectivity index (χ0n) is 13.9. The van der Waals surface area contributed by atoms with E-state index in [4.69, 9.17) is 9.47 Å². The van der Waals surface area contributed by atoms with Gasteiger partial charge in [-0.15, -0.1) is 0 Å². The first kappa shape index (κ1) is 17.2. The summed E-state index contributed by atoms with van der Waals surface area (Å²) in [5.74, 6) is 0.638. The summed E-state index contributed by atoms with van der Waals surface area (Å²) in [7, 11) is -2.10. The topological polar surface area (TPSA) is 55.8 Å². The first-order valence-electron chi connectivity index (χ1n) is 7.59. The number of nitrogens with zero attached hydrogens (tertiary/aromatic N) is 1. The average Bonchev–Trinajstić information content (AvgIpc) is 2.45. The molecule has 124 valence electrons. The number of methoxy groups -OCH3 is 1. The predicted octanol–water partition coefficient (Wildman–Crippen LogP) is 2.62. The van der Waals surface area contributed by atoms with Crippen LogP contribution in [0, 0.1) is 0 Å². The van der Waals surface area contributed by atoms with Gasteiger partial charge in [0.05, 0.1) is 19.3 Å². The van der Waals surface area contributed by atoms with Gasteiger partial charge in [-0.1, -0.05) is 19.9 Å². The van der Waals surface area contributed by atoms with E-state index in [0.29, 0.717) is 18.8 Å². The molecule has 1 aliphatic heterocycles. The third-order valence-corrected chi connectivity index (χ3v) is 5.71. The van der Waals surface area contributed by atoms with Crippen molar-refractivity contribution in [2.75, 3.05) is 20.2 Å². The highest BCUT2D eigenvalue weighted by Gasteiger charge is 2.34. The Kier molecular flexibility index (Phi) is 5.14. The summed E-state index contributed by atoms with van der Waals surface area (Å²) in [5, 5.41) is 0. The quantitative estimate of drug-likeness (QED) is 0.853. The number of ether oxygens (including phenoxy) is 2. The number of hydrogen-bond acceptors (Lipinski definition) is 4. The molecule has 1 heterocycles. The highest BCUT2D eigenvalue weighted by atomic mass is 32.2. The minimum absolute atomic E-state index is 0.113. The van der Waals surface area contributed by atoms with Gasteiger partial charge in [0.1, 0.15) is 10.6 Å². The lowest BCUT2D eigenvalue weighted by molar-refractivity contribution is -0.0441. The van der Waals surface area contributed by atoms with Crippen molar-refractivity contribution in [2.45, 2.75) is 50.7 Å². The van der Waals surface area contributed by atoms with Gasteiger partial charge < -0.3 is 9.47 Å². The Morgan fingerprint density at radius 3 is 2.32 bits per heavy atom. The van der Waals surface area contributed by atoms with Gasteiger partial charge in [0.25, 0.3) is 0 Å². The summed E-state index contributed by atoms with van der Waals surface area (Å²) in [6.07, 6.45) is -0.226. The SMILES string of the molecule is COc1ccc(C(C)C)cc1S(=O)(=O)N1C[C@@H](C)O[C@H](C)C1. The van der Waals surface area contributed by atoms with E-state index in [-0.39, 0.29) is 23.0 Å². The first-order valence-corrected chi connectivity index (χ1v) is 9.03. The molecule has 1 saturated heterocycles. The van der Waals surface area contributed by atoms with Gasteiger partial charge >= 0.3 is 0 Å².